The second kappa shape index (κ2) is 8.59. The third-order valence-corrected chi connectivity index (χ3v) is 4.99. The number of anilines is 1. The summed E-state index contributed by atoms with van der Waals surface area (Å²) in [5, 5.41) is 4.67. The van der Waals surface area contributed by atoms with Gasteiger partial charge in [0, 0.05) is 44.0 Å². The SMILES string of the molecule is CCN1CCN(CCCNc2nc(C(C)C)nc3ccccc23)CC1. The van der Waals surface area contributed by atoms with Gasteiger partial charge in [0.25, 0.3) is 0 Å². The molecule has 5 nitrogen and oxygen atoms in total. The third kappa shape index (κ3) is 4.67. The number of piperazine rings is 1. The summed E-state index contributed by atoms with van der Waals surface area (Å²) in [7, 11) is 0. The molecule has 2 heterocycles. The number of para-hydroxylation sites is 1. The fraction of sp³-hybridized carbons (Fsp3) is 0.600. The van der Waals surface area contributed by atoms with Crippen LogP contribution in [-0.4, -0.2) is 65.6 Å². The van der Waals surface area contributed by atoms with E-state index >= 15 is 0 Å². The molecule has 1 aromatic carbocycles. The van der Waals surface area contributed by atoms with Crippen molar-refractivity contribution in [2.45, 2.75) is 33.1 Å². The Bertz CT molecular complexity index is 677. The second-order valence-corrected chi connectivity index (χ2v) is 7.16. The van der Waals surface area contributed by atoms with E-state index in [9.17, 15) is 0 Å². The first-order valence-electron chi connectivity index (χ1n) is 9.62. The average molecular weight is 342 g/mol. The van der Waals surface area contributed by atoms with E-state index in [1.54, 1.807) is 0 Å². The Morgan fingerprint density at radius 2 is 1.76 bits per heavy atom. The Labute approximate surface area is 151 Å². The van der Waals surface area contributed by atoms with Gasteiger partial charge in [-0.1, -0.05) is 32.9 Å². The van der Waals surface area contributed by atoms with Gasteiger partial charge in [-0.2, -0.15) is 0 Å². The molecule has 0 amide bonds. The van der Waals surface area contributed by atoms with Gasteiger partial charge in [-0.15, -0.1) is 0 Å². The lowest BCUT2D eigenvalue weighted by Gasteiger charge is -2.34. The highest BCUT2D eigenvalue weighted by Crippen LogP contribution is 2.22. The summed E-state index contributed by atoms with van der Waals surface area (Å²) in [6.07, 6.45) is 1.14. The fourth-order valence-corrected chi connectivity index (χ4v) is 3.33. The number of likely N-dealkylation sites (N-methyl/N-ethyl adjacent to an activating group) is 1. The molecule has 1 aliphatic heterocycles. The van der Waals surface area contributed by atoms with Crippen molar-refractivity contribution in [2.24, 2.45) is 0 Å². The van der Waals surface area contributed by atoms with Crippen molar-refractivity contribution in [1.82, 2.24) is 19.8 Å². The maximum absolute atomic E-state index is 4.76. The molecule has 1 fully saturated rings. The summed E-state index contributed by atoms with van der Waals surface area (Å²) in [6, 6.07) is 8.27. The molecule has 1 saturated heterocycles. The van der Waals surface area contributed by atoms with E-state index in [2.05, 4.69) is 59.1 Å². The van der Waals surface area contributed by atoms with Crippen molar-refractivity contribution in [2.75, 3.05) is 51.1 Å². The minimum atomic E-state index is 0.333. The molecule has 5 heteroatoms. The predicted molar refractivity (Wildman–Crippen MR) is 105 cm³/mol. The molecule has 1 aliphatic rings. The summed E-state index contributed by atoms with van der Waals surface area (Å²) in [5.74, 6) is 2.22. The fourth-order valence-electron chi connectivity index (χ4n) is 3.33. The number of nitrogens with zero attached hydrogens (tertiary/aromatic N) is 4. The number of aromatic nitrogens is 2. The number of fused-ring (bicyclic) bond motifs is 1. The smallest absolute Gasteiger partial charge is 0.137 e. The zero-order valence-electron chi connectivity index (χ0n) is 15.8. The number of benzene rings is 1. The quantitative estimate of drug-likeness (QED) is 0.784. The van der Waals surface area contributed by atoms with E-state index in [0.717, 1.165) is 42.1 Å². The first-order chi connectivity index (χ1) is 12.2. The van der Waals surface area contributed by atoms with E-state index in [-0.39, 0.29) is 0 Å². The molecular weight excluding hydrogens is 310 g/mol. The highest BCUT2D eigenvalue weighted by atomic mass is 15.3. The van der Waals surface area contributed by atoms with Crippen LogP contribution in [0.4, 0.5) is 5.82 Å². The van der Waals surface area contributed by atoms with Gasteiger partial charge in [0.2, 0.25) is 0 Å². The van der Waals surface area contributed by atoms with Crippen LogP contribution in [-0.2, 0) is 0 Å². The summed E-state index contributed by atoms with van der Waals surface area (Å²) >= 11 is 0. The largest absolute Gasteiger partial charge is 0.369 e. The van der Waals surface area contributed by atoms with Gasteiger partial charge in [-0.05, 0) is 31.6 Å². The van der Waals surface area contributed by atoms with Crippen LogP contribution in [0.3, 0.4) is 0 Å². The summed E-state index contributed by atoms with van der Waals surface area (Å²) in [4.78, 5) is 14.5. The topological polar surface area (TPSA) is 44.3 Å². The molecule has 3 rings (SSSR count). The van der Waals surface area contributed by atoms with Crippen LogP contribution in [0.5, 0.6) is 0 Å². The van der Waals surface area contributed by atoms with Crippen molar-refractivity contribution in [3.63, 3.8) is 0 Å². The summed E-state index contributed by atoms with van der Waals surface area (Å²) in [6.45, 7) is 14.6. The van der Waals surface area contributed by atoms with Gasteiger partial charge in [-0.3, -0.25) is 0 Å². The van der Waals surface area contributed by atoms with Gasteiger partial charge in [0.05, 0.1) is 5.52 Å². The van der Waals surface area contributed by atoms with E-state index in [4.69, 9.17) is 4.98 Å². The Hall–Kier alpha value is -1.72. The van der Waals surface area contributed by atoms with E-state index in [1.165, 1.54) is 32.7 Å². The molecule has 0 atom stereocenters. The van der Waals surface area contributed by atoms with Gasteiger partial charge < -0.3 is 15.1 Å². The van der Waals surface area contributed by atoms with Crippen LogP contribution in [0.1, 0.15) is 38.9 Å². The van der Waals surface area contributed by atoms with Crippen molar-refractivity contribution in [3.05, 3.63) is 30.1 Å². The molecule has 25 heavy (non-hydrogen) atoms. The molecule has 2 aromatic rings. The molecule has 0 radical (unpaired) electrons. The maximum Gasteiger partial charge on any atom is 0.137 e. The average Bonchev–Trinajstić information content (AvgIpc) is 2.65. The molecule has 0 spiro atoms. The Morgan fingerprint density at radius 3 is 2.48 bits per heavy atom. The van der Waals surface area contributed by atoms with Crippen molar-refractivity contribution < 1.29 is 0 Å². The molecular formula is C20H31N5. The van der Waals surface area contributed by atoms with Crippen molar-refractivity contribution >= 4 is 16.7 Å². The molecule has 0 unspecified atom stereocenters. The summed E-state index contributed by atoms with van der Waals surface area (Å²) in [5.41, 5.74) is 1.03. The highest BCUT2D eigenvalue weighted by Gasteiger charge is 2.15. The van der Waals surface area contributed by atoms with E-state index < -0.39 is 0 Å². The van der Waals surface area contributed by atoms with Crippen LogP contribution in [0.15, 0.2) is 24.3 Å². The standard InChI is InChI=1S/C20H31N5/c1-4-24-12-14-25(15-13-24)11-7-10-21-20-17-8-5-6-9-18(17)22-19(23-20)16(2)3/h5-6,8-9,16H,4,7,10-15H2,1-3H3,(H,21,22,23). The predicted octanol–water partition coefficient (Wildman–Crippen LogP) is 3.19. The normalized spacial score (nSPS) is 16.6. The van der Waals surface area contributed by atoms with Gasteiger partial charge in [0.1, 0.15) is 11.6 Å². The van der Waals surface area contributed by atoms with Crippen LogP contribution in [0, 0.1) is 0 Å². The lowest BCUT2D eigenvalue weighted by Crippen LogP contribution is -2.46. The molecule has 0 aliphatic carbocycles. The van der Waals surface area contributed by atoms with Gasteiger partial charge in [0.15, 0.2) is 0 Å². The highest BCUT2D eigenvalue weighted by molar-refractivity contribution is 5.89. The monoisotopic (exact) mass is 341 g/mol. The molecule has 0 bridgehead atoms. The minimum absolute atomic E-state index is 0.333. The lowest BCUT2D eigenvalue weighted by atomic mass is 10.1. The van der Waals surface area contributed by atoms with Crippen LogP contribution >= 0.6 is 0 Å². The number of hydrogen-bond acceptors (Lipinski definition) is 5. The van der Waals surface area contributed by atoms with Crippen molar-refractivity contribution in [3.8, 4) is 0 Å². The van der Waals surface area contributed by atoms with Crippen LogP contribution in [0.2, 0.25) is 0 Å². The molecule has 0 saturated carbocycles. The number of hydrogen-bond donors (Lipinski definition) is 1. The zero-order chi connectivity index (χ0) is 17.6. The third-order valence-electron chi connectivity index (χ3n) is 4.99. The van der Waals surface area contributed by atoms with E-state index in [1.807, 2.05) is 6.07 Å². The molecule has 136 valence electrons. The van der Waals surface area contributed by atoms with Crippen LogP contribution in [0.25, 0.3) is 10.9 Å². The first-order valence-corrected chi connectivity index (χ1v) is 9.62. The Kier molecular flexibility index (Phi) is 6.21. The molecule has 1 N–H and O–H groups in total. The van der Waals surface area contributed by atoms with Crippen LogP contribution < -0.4 is 5.32 Å². The van der Waals surface area contributed by atoms with Gasteiger partial charge in [-0.25, -0.2) is 9.97 Å². The maximum atomic E-state index is 4.76. The lowest BCUT2D eigenvalue weighted by molar-refractivity contribution is 0.137. The zero-order valence-corrected chi connectivity index (χ0v) is 15.8. The van der Waals surface area contributed by atoms with Gasteiger partial charge >= 0.3 is 0 Å². The molecule has 1 aromatic heterocycles. The Balaban J connectivity index is 1.56. The van der Waals surface area contributed by atoms with Crippen molar-refractivity contribution in [1.29, 1.82) is 0 Å². The first kappa shape index (κ1) is 18.1. The summed E-state index contributed by atoms with van der Waals surface area (Å²) < 4.78 is 0. The minimum Gasteiger partial charge on any atom is -0.369 e. The number of nitrogens with one attached hydrogen (secondary N) is 1. The Morgan fingerprint density at radius 1 is 1.04 bits per heavy atom. The second-order valence-electron chi connectivity index (χ2n) is 7.16. The van der Waals surface area contributed by atoms with E-state index in [0.29, 0.717) is 5.92 Å². The number of rotatable bonds is 7.